The summed E-state index contributed by atoms with van der Waals surface area (Å²) < 4.78 is 31.8. The van der Waals surface area contributed by atoms with Gasteiger partial charge in [-0.1, -0.05) is 12.1 Å². The fourth-order valence-corrected chi connectivity index (χ4v) is 2.63. The van der Waals surface area contributed by atoms with Crippen molar-refractivity contribution in [2.24, 2.45) is 0 Å². The van der Waals surface area contributed by atoms with Gasteiger partial charge in [-0.15, -0.1) is 0 Å². The van der Waals surface area contributed by atoms with Gasteiger partial charge in [0, 0.05) is 5.57 Å². The summed E-state index contributed by atoms with van der Waals surface area (Å²) >= 11 is 0. The molecule has 3 rings (SSSR count). The van der Waals surface area contributed by atoms with Crippen molar-refractivity contribution >= 4 is 11.9 Å². The van der Waals surface area contributed by atoms with Crippen LogP contribution < -0.4 is 4.74 Å². The first-order valence-electron chi connectivity index (χ1n) is 6.90. The summed E-state index contributed by atoms with van der Waals surface area (Å²) in [6.45, 7) is 3.91. The number of ether oxygens (including phenoxy) is 1. The molecule has 0 radical (unpaired) electrons. The molecular formula is C18H14F2O2. The molecule has 0 unspecified atom stereocenters. The summed E-state index contributed by atoms with van der Waals surface area (Å²) in [7, 11) is 0. The second kappa shape index (κ2) is 5.37. The first-order chi connectivity index (χ1) is 10.5. The average Bonchev–Trinajstić information content (AvgIpc) is 2.45. The van der Waals surface area contributed by atoms with E-state index in [-0.39, 0.29) is 12.4 Å². The maximum atomic E-state index is 13.3. The Balaban J connectivity index is 2.02. The number of hydrogen-bond acceptors (Lipinski definition) is 2. The standard InChI is InChI=1S/C18H14F2O2/c1-10-5-11(2)17-16(6-10)22-9-13(18(17)21)7-12-3-4-14(19)15(20)8-12/h3-8H,9H2,1-2H3/b13-7+. The van der Waals surface area contributed by atoms with Gasteiger partial charge in [-0.2, -0.15) is 0 Å². The molecule has 2 aromatic rings. The maximum Gasteiger partial charge on any atom is 0.196 e. The summed E-state index contributed by atoms with van der Waals surface area (Å²) in [5.74, 6) is -1.41. The van der Waals surface area contributed by atoms with Gasteiger partial charge in [-0.05, 0) is 54.8 Å². The highest BCUT2D eigenvalue weighted by Crippen LogP contribution is 2.31. The van der Waals surface area contributed by atoms with Gasteiger partial charge in [0.2, 0.25) is 0 Å². The minimum Gasteiger partial charge on any atom is -0.488 e. The lowest BCUT2D eigenvalue weighted by Gasteiger charge is -2.21. The molecule has 0 saturated heterocycles. The highest BCUT2D eigenvalue weighted by Gasteiger charge is 2.25. The quantitative estimate of drug-likeness (QED) is 0.736. The first kappa shape index (κ1) is 14.4. The molecule has 2 aromatic carbocycles. The van der Waals surface area contributed by atoms with Crippen LogP contribution in [0, 0.1) is 25.5 Å². The van der Waals surface area contributed by atoms with Crippen molar-refractivity contribution in [3.63, 3.8) is 0 Å². The van der Waals surface area contributed by atoms with E-state index in [1.165, 1.54) is 12.1 Å². The number of ketones is 1. The molecule has 0 amide bonds. The molecule has 4 heteroatoms. The molecule has 0 fully saturated rings. The maximum absolute atomic E-state index is 13.3. The van der Waals surface area contributed by atoms with Crippen LogP contribution in [0.5, 0.6) is 5.75 Å². The Kier molecular flexibility index (Phi) is 3.53. The van der Waals surface area contributed by atoms with Crippen molar-refractivity contribution in [2.45, 2.75) is 13.8 Å². The molecule has 0 spiro atoms. The van der Waals surface area contributed by atoms with E-state index < -0.39 is 11.6 Å². The zero-order chi connectivity index (χ0) is 15.9. The van der Waals surface area contributed by atoms with Crippen LogP contribution in [-0.4, -0.2) is 12.4 Å². The smallest absolute Gasteiger partial charge is 0.196 e. The predicted molar refractivity (Wildman–Crippen MR) is 80.1 cm³/mol. The number of carbonyl (C=O) groups is 1. The summed E-state index contributed by atoms with van der Waals surface area (Å²) in [5, 5.41) is 0. The zero-order valence-electron chi connectivity index (χ0n) is 12.2. The Morgan fingerprint density at radius 3 is 2.59 bits per heavy atom. The van der Waals surface area contributed by atoms with Gasteiger partial charge in [-0.3, -0.25) is 4.79 Å². The van der Waals surface area contributed by atoms with Gasteiger partial charge in [0.25, 0.3) is 0 Å². The normalized spacial score (nSPS) is 15.6. The van der Waals surface area contributed by atoms with Crippen molar-refractivity contribution < 1.29 is 18.3 Å². The van der Waals surface area contributed by atoms with Crippen LogP contribution >= 0.6 is 0 Å². The Morgan fingerprint density at radius 1 is 1.09 bits per heavy atom. The first-order valence-corrected chi connectivity index (χ1v) is 6.90. The topological polar surface area (TPSA) is 26.3 Å². The van der Waals surface area contributed by atoms with Crippen LogP contribution in [0.3, 0.4) is 0 Å². The lowest BCUT2D eigenvalue weighted by molar-refractivity contribution is 0.1000. The van der Waals surface area contributed by atoms with E-state index in [0.717, 1.165) is 23.3 Å². The molecule has 0 aromatic heterocycles. The summed E-state index contributed by atoms with van der Waals surface area (Å²) in [5.41, 5.74) is 3.25. The molecule has 0 bridgehead atoms. The van der Waals surface area contributed by atoms with Gasteiger partial charge in [0.1, 0.15) is 12.4 Å². The Morgan fingerprint density at radius 2 is 1.86 bits per heavy atom. The van der Waals surface area contributed by atoms with E-state index >= 15 is 0 Å². The number of hydrogen-bond donors (Lipinski definition) is 0. The monoisotopic (exact) mass is 300 g/mol. The van der Waals surface area contributed by atoms with E-state index in [4.69, 9.17) is 4.74 Å². The van der Waals surface area contributed by atoms with Crippen LogP contribution in [0.4, 0.5) is 8.78 Å². The molecule has 0 N–H and O–H groups in total. The zero-order valence-corrected chi connectivity index (χ0v) is 12.2. The van der Waals surface area contributed by atoms with Crippen molar-refractivity contribution in [3.05, 3.63) is 69.8 Å². The average molecular weight is 300 g/mol. The highest BCUT2D eigenvalue weighted by molar-refractivity contribution is 6.14. The van der Waals surface area contributed by atoms with Gasteiger partial charge in [0.15, 0.2) is 17.4 Å². The minimum absolute atomic E-state index is 0.119. The van der Waals surface area contributed by atoms with E-state index in [1.807, 2.05) is 26.0 Å². The van der Waals surface area contributed by atoms with Gasteiger partial charge in [0.05, 0.1) is 5.56 Å². The van der Waals surface area contributed by atoms with Crippen molar-refractivity contribution in [1.82, 2.24) is 0 Å². The molecular weight excluding hydrogens is 286 g/mol. The third-order valence-electron chi connectivity index (χ3n) is 3.63. The van der Waals surface area contributed by atoms with E-state index in [2.05, 4.69) is 0 Å². The number of fused-ring (bicyclic) bond motifs is 1. The van der Waals surface area contributed by atoms with Crippen LogP contribution in [0.1, 0.15) is 27.0 Å². The highest BCUT2D eigenvalue weighted by atomic mass is 19.2. The molecule has 112 valence electrons. The minimum atomic E-state index is -0.939. The molecule has 2 nitrogen and oxygen atoms in total. The summed E-state index contributed by atoms with van der Waals surface area (Å²) in [4.78, 5) is 12.6. The molecule has 0 saturated carbocycles. The molecule has 0 atom stereocenters. The fourth-order valence-electron chi connectivity index (χ4n) is 2.63. The Labute approximate surface area is 127 Å². The summed E-state index contributed by atoms with van der Waals surface area (Å²) in [6, 6.07) is 7.27. The number of aryl methyl sites for hydroxylation is 2. The Bertz CT molecular complexity index is 807. The number of benzene rings is 2. The molecule has 1 aliphatic rings. The lowest BCUT2D eigenvalue weighted by atomic mass is 9.93. The Hall–Kier alpha value is -2.49. The molecule has 22 heavy (non-hydrogen) atoms. The number of Topliss-reactive ketones (excluding diaryl/α,β-unsaturated/α-hetero) is 1. The van der Waals surface area contributed by atoms with Gasteiger partial charge in [-0.25, -0.2) is 8.78 Å². The third-order valence-corrected chi connectivity index (χ3v) is 3.63. The second-order valence-electron chi connectivity index (χ2n) is 5.42. The van der Waals surface area contributed by atoms with Crippen LogP contribution in [0.2, 0.25) is 0 Å². The number of halogens is 2. The molecule has 1 aliphatic heterocycles. The third kappa shape index (κ3) is 2.52. The van der Waals surface area contributed by atoms with Gasteiger partial charge >= 0.3 is 0 Å². The fraction of sp³-hybridized carbons (Fsp3) is 0.167. The van der Waals surface area contributed by atoms with E-state index in [9.17, 15) is 13.6 Å². The predicted octanol–water partition coefficient (Wildman–Crippen LogP) is 4.24. The van der Waals surface area contributed by atoms with Crippen LogP contribution in [-0.2, 0) is 0 Å². The lowest BCUT2D eigenvalue weighted by Crippen LogP contribution is -2.20. The summed E-state index contributed by atoms with van der Waals surface area (Å²) in [6.07, 6.45) is 1.53. The van der Waals surface area contributed by atoms with E-state index in [1.54, 1.807) is 0 Å². The van der Waals surface area contributed by atoms with Crippen molar-refractivity contribution in [3.8, 4) is 5.75 Å². The van der Waals surface area contributed by atoms with Crippen molar-refractivity contribution in [2.75, 3.05) is 6.61 Å². The largest absolute Gasteiger partial charge is 0.488 e. The SMILES string of the molecule is Cc1cc(C)c2c(c1)OC/C(=C\c1ccc(F)c(F)c1)C2=O. The second-order valence-corrected chi connectivity index (χ2v) is 5.42. The van der Waals surface area contributed by atoms with Crippen molar-refractivity contribution in [1.29, 1.82) is 0 Å². The van der Waals surface area contributed by atoms with Crippen LogP contribution in [0.15, 0.2) is 35.9 Å². The van der Waals surface area contributed by atoms with E-state index in [0.29, 0.717) is 22.4 Å². The molecule has 1 heterocycles. The van der Waals surface area contributed by atoms with Crippen LogP contribution in [0.25, 0.3) is 6.08 Å². The number of rotatable bonds is 1. The number of carbonyl (C=O) groups excluding carboxylic acids is 1. The van der Waals surface area contributed by atoms with Gasteiger partial charge < -0.3 is 4.74 Å². The molecule has 0 aliphatic carbocycles.